The van der Waals surface area contributed by atoms with Crippen LogP contribution in [0.2, 0.25) is 0 Å². The van der Waals surface area contributed by atoms with Crippen LogP contribution in [0.25, 0.3) is 0 Å². The summed E-state index contributed by atoms with van der Waals surface area (Å²) in [6, 6.07) is 16.2. The highest BCUT2D eigenvalue weighted by molar-refractivity contribution is 5.89. The van der Waals surface area contributed by atoms with Crippen LogP contribution in [0, 0.1) is 0 Å². The Kier molecular flexibility index (Phi) is 6.37. The molecule has 3 N–H and O–H groups in total. The highest BCUT2D eigenvalue weighted by Crippen LogP contribution is 2.24. The molecule has 0 unspecified atom stereocenters. The van der Waals surface area contributed by atoms with E-state index < -0.39 is 49.3 Å². The average molecular weight is 388 g/mol. The fraction of sp³-hybridized carbons (Fsp3) is 0.300. The molecule has 1 heterocycles. The van der Waals surface area contributed by atoms with E-state index in [0.29, 0.717) is 5.56 Å². The maximum absolute atomic E-state index is 12.2. The first kappa shape index (κ1) is 20.0. The highest BCUT2D eigenvalue weighted by atomic mass is 16.7. The van der Waals surface area contributed by atoms with Crippen LogP contribution in [0.1, 0.15) is 20.7 Å². The average Bonchev–Trinajstić information content (AvgIpc) is 2.73. The van der Waals surface area contributed by atoms with E-state index in [1.165, 1.54) is 12.1 Å². The molecule has 0 amide bonds. The minimum Gasteiger partial charge on any atom is -0.459 e. The first-order chi connectivity index (χ1) is 13.5. The smallest absolute Gasteiger partial charge is 0.338 e. The van der Waals surface area contributed by atoms with Crippen LogP contribution >= 0.6 is 0 Å². The topological polar surface area (TPSA) is 123 Å². The molecule has 1 fully saturated rings. The molecule has 0 saturated carbocycles. The Bertz CT molecular complexity index is 794. The first-order valence-corrected chi connectivity index (χ1v) is 8.65. The largest absolute Gasteiger partial charge is 0.459 e. The summed E-state index contributed by atoms with van der Waals surface area (Å²) in [5, 5.41) is 30.4. The number of carbonyl (C=O) groups is 2. The summed E-state index contributed by atoms with van der Waals surface area (Å²) in [5.41, 5.74) is 0.523. The van der Waals surface area contributed by atoms with Crippen molar-refractivity contribution in [2.45, 2.75) is 30.7 Å². The van der Waals surface area contributed by atoms with E-state index in [1.54, 1.807) is 48.5 Å². The molecule has 1 saturated heterocycles. The van der Waals surface area contributed by atoms with Crippen molar-refractivity contribution in [3.05, 3.63) is 71.8 Å². The van der Waals surface area contributed by atoms with Gasteiger partial charge >= 0.3 is 11.9 Å². The van der Waals surface area contributed by atoms with Crippen LogP contribution in [0.3, 0.4) is 0 Å². The van der Waals surface area contributed by atoms with Gasteiger partial charge in [-0.15, -0.1) is 0 Å². The van der Waals surface area contributed by atoms with Gasteiger partial charge in [0.1, 0.15) is 24.9 Å². The van der Waals surface area contributed by atoms with Crippen LogP contribution in [-0.4, -0.2) is 64.6 Å². The van der Waals surface area contributed by atoms with Gasteiger partial charge in [-0.3, -0.25) is 0 Å². The van der Waals surface area contributed by atoms with Crippen molar-refractivity contribution in [2.24, 2.45) is 0 Å². The van der Waals surface area contributed by atoms with E-state index in [4.69, 9.17) is 14.2 Å². The lowest BCUT2D eigenvalue weighted by atomic mass is 9.99. The maximum atomic E-state index is 12.2. The molecule has 5 atom stereocenters. The lowest BCUT2D eigenvalue weighted by molar-refractivity contribution is -0.285. The molecule has 8 nitrogen and oxygen atoms in total. The third-order valence-electron chi connectivity index (χ3n) is 4.30. The molecule has 148 valence electrons. The van der Waals surface area contributed by atoms with Crippen molar-refractivity contribution in [1.82, 2.24) is 0 Å². The summed E-state index contributed by atoms with van der Waals surface area (Å²) in [6.45, 7) is -0.405. The molecule has 3 rings (SSSR count). The Balaban J connectivity index is 1.65. The monoisotopic (exact) mass is 388 g/mol. The third kappa shape index (κ3) is 4.55. The van der Waals surface area contributed by atoms with Gasteiger partial charge in [0.15, 0.2) is 12.4 Å². The molecule has 0 radical (unpaired) electrons. The van der Waals surface area contributed by atoms with Crippen LogP contribution in [0.15, 0.2) is 60.7 Å². The highest BCUT2D eigenvalue weighted by Gasteiger charge is 2.46. The standard InChI is InChI=1S/C20H20O8/c21-15-14(11-26-18(23)12-7-3-1-4-8-12)27-20(25)16(22)17(15)28-19(24)13-9-5-2-6-10-13/h1-10,14-17,20-22,25H,11H2/t14-,15-,16-,17-,20+/m1/s1. The first-order valence-electron chi connectivity index (χ1n) is 8.65. The van der Waals surface area contributed by atoms with Crippen LogP contribution in [0.4, 0.5) is 0 Å². The fourth-order valence-corrected chi connectivity index (χ4v) is 2.77. The molecular weight excluding hydrogens is 368 g/mol. The van der Waals surface area contributed by atoms with Gasteiger partial charge in [0.05, 0.1) is 11.1 Å². The number of benzene rings is 2. The van der Waals surface area contributed by atoms with Gasteiger partial charge in [-0.05, 0) is 24.3 Å². The quantitative estimate of drug-likeness (QED) is 0.633. The maximum Gasteiger partial charge on any atom is 0.338 e. The second-order valence-electron chi connectivity index (χ2n) is 6.25. The Morgan fingerprint density at radius 2 is 1.36 bits per heavy atom. The van der Waals surface area contributed by atoms with Gasteiger partial charge in [-0.2, -0.15) is 0 Å². The van der Waals surface area contributed by atoms with Crippen molar-refractivity contribution in [1.29, 1.82) is 0 Å². The number of ether oxygens (including phenoxy) is 3. The zero-order valence-electron chi connectivity index (χ0n) is 14.8. The van der Waals surface area contributed by atoms with Crippen LogP contribution < -0.4 is 0 Å². The van der Waals surface area contributed by atoms with Crippen molar-refractivity contribution >= 4 is 11.9 Å². The van der Waals surface area contributed by atoms with Crippen LogP contribution in [-0.2, 0) is 14.2 Å². The van der Waals surface area contributed by atoms with Crippen molar-refractivity contribution in [3.63, 3.8) is 0 Å². The lowest BCUT2D eigenvalue weighted by Gasteiger charge is -2.39. The van der Waals surface area contributed by atoms with Crippen LogP contribution in [0.5, 0.6) is 0 Å². The number of aliphatic hydroxyl groups is 3. The molecule has 2 aromatic carbocycles. The zero-order chi connectivity index (χ0) is 20.1. The van der Waals surface area contributed by atoms with E-state index >= 15 is 0 Å². The minimum atomic E-state index is -1.72. The number of esters is 2. The van der Waals surface area contributed by atoms with E-state index in [1.807, 2.05) is 0 Å². The normalized spacial score (nSPS) is 27.0. The van der Waals surface area contributed by atoms with E-state index in [9.17, 15) is 24.9 Å². The summed E-state index contributed by atoms with van der Waals surface area (Å²) in [7, 11) is 0. The summed E-state index contributed by atoms with van der Waals surface area (Å²) in [6.07, 6.45) is -7.56. The van der Waals surface area contributed by atoms with E-state index in [0.717, 1.165) is 0 Å². The number of carbonyl (C=O) groups excluding carboxylic acids is 2. The lowest BCUT2D eigenvalue weighted by Crippen LogP contribution is -2.60. The predicted octanol–water partition coefficient (Wildman–Crippen LogP) is 0.508. The second-order valence-corrected chi connectivity index (χ2v) is 6.25. The number of hydrogen-bond donors (Lipinski definition) is 3. The Labute approximate surface area is 160 Å². The Morgan fingerprint density at radius 3 is 1.93 bits per heavy atom. The van der Waals surface area contributed by atoms with Gasteiger partial charge < -0.3 is 29.5 Å². The molecule has 0 bridgehead atoms. The zero-order valence-corrected chi connectivity index (χ0v) is 14.8. The third-order valence-corrected chi connectivity index (χ3v) is 4.30. The summed E-state index contributed by atoms with van der Waals surface area (Å²) < 4.78 is 15.4. The molecular formula is C20H20O8. The molecule has 8 heteroatoms. The molecule has 0 aliphatic carbocycles. The SMILES string of the molecule is O=C(OC[C@H]1O[C@H](O)[C@H](O)[C@H](OC(=O)c2ccccc2)[C@@H]1O)c1ccccc1. The van der Waals surface area contributed by atoms with Gasteiger partial charge in [0, 0.05) is 0 Å². The van der Waals surface area contributed by atoms with E-state index in [-0.39, 0.29) is 5.56 Å². The molecule has 0 spiro atoms. The summed E-state index contributed by atoms with van der Waals surface area (Å²) in [4.78, 5) is 24.2. The molecule has 1 aliphatic heterocycles. The minimum absolute atomic E-state index is 0.218. The molecule has 2 aromatic rings. The number of rotatable bonds is 5. The Morgan fingerprint density at radius 1 is 0.821 bits per heavy atom. The summed E-state index contributed by atoms with van der Waals surface area (Å²) >= 11 is 0. The number of aliphatic hydroxyl groups excluding tert-OH is 3. The van der Waals surface area contributed by atoms with Crippen molar-refractivity contribution in [2.75, 3.05) is 6.61 Å². The molecule has 28 heavy (non-hydrogen) atoms. The molecule has 1 aliphatic rings. The van der Waals surface area contributed by atoms with Gasteiger partial charge in [-0.1, -0.05) is 36.4 Å². The van der Waals surface area contributed by atoms with Gasteiger partial charge in [0.2, 0.25) is 0 Å². The van der Waals surface area contributed by atoms with Crippen molar-refractivity contribution in [3.8, 4) is 0 Å². The second kappa shape index (κ2) is 8.94. The predicted molar refractivity (Wildman–Crippen MR) is 95.3 cm³/mol. The molecule has 0 aromatic heterocycles. The van der Waals surface area contributed by atoms with E-state index in [2.05, 4.69) is 0 Å². The van der Waals surface area contributed by atoms with Gasteiger partial charge in [-0.25, -0.2) is 9.59 Å². The van der Waals surface area contributed by atoms with Crippen molar-refractivity contribution < 1.29 is 39.1 Å². The fourth-order valence-electron chi connectivity index (χ4n) is 2.77. The van der Waals surface area contributed by atoms with Gasteiger partial charge in [0.25, 0.3) is 0 Å². The summed E-state index contributed by atoms with van der Waals surface area (Å²) in [5.74, 6) is -1.42. The Hall–Kier alpha value is -2.78. The number of hydrogen-bond acceptors (Lipinski definition) is 8.